The van der Waals surface area contributed by atoms with Gasteiger partial charge in [0.05, 0.1) is 12.5 Å². The summed E-state index contributed by atoms with van der Waals surface area (Å²) in [7, 11) is 0. The maximum absolute atomic E-state index is 12.4. The van der Waals surface area contributed by atoms with Crippen LogP contribution in [0.25, 0.3) is 0 Å². The Balaban J connectivity index is 2.02. The highest BCUT2D eigenvalue weighted by Crippen LogP contribution is 2.22. The summed E-state index contributed by atoms with van der Waals surface area (Å²) in [4.78, 5) is 36.1. The van der Waals surface area contributed by atoms with Crippen molar-refractivity contribution < 1.29 is 19.1 Å². The average Bonchev–Trinajstić information content (AvgIpc) is 2.64. The molecule has 0 bridgehead atoms. The minimum absolute atomic E-state index is 0.189. The minimum atomic E-state index is -1.01. The van der Waals surface area contributed by atoms with E-state index in [-0.39, 0.29) is 6.42 Å². The van der Waals surface area contributed by atoms with Crippen LogP contribution in [-0.2, 0) is 14.3 Å². The molecule has 0 aromatic heterocycles. The van der Waals surface area contributed by atoms with Crippen molar-refractivity contribution in [2.45, 2.75) is 39.3 Å². The van der Waals surface area contributed by atoms with E-state index in [2.05, 4.69) is 10.6 Å². The minimum Gasteiger partial charge on any atom is -0.452 e. The first-order chi connectivity index (χ1) is 13.7. The molecule has 0 radical (unpaired) electrons. The first-order valence-corrected chi connectivity index (χ1v) is 9.43. The highest BCUT2D eigenvalue weighted by Gasteiger charge is 2.23. The van der Waals surface area contributed by atoms with E-state index in [1.807, 2.05) is 32.0 Å². The molecule has 8 heteroatoms. The van der Waals surface area contributed by atoms with Crippen LogP contribution in [0.2, 0.25) is 5.02 Å². The Hall–Kier alpha value is -3.06. The van der Waals surface area contributed by atoms with Crippen molar-refractivity contribution in [2.75, 3.05) is 5.32 Å². The standard InChI is InChI=1S/C21H24ClN3O4/c1-12-5-4-6-13(2)19(12)25-20(27)14(3)29-18(26)11-17(24-21(23)28)15-7-9-16(22)10-8-15/h4-10,14,17H,11H2,1-3H3,(H,25,27)(H3,23,24,28)/t14-,17-/m1/s1. The molecule has 4 N–H and O–H groups in total. The number of nitrogens with one attached hydrogen (secondary N) is 2. The van der Waals surface area contributed by atoms with Gasteiger partial charge in [-0.15, -0.1) is 0 Å². The van der Waals surface area contributed by atoms with Crippen molar-refractivity contribution in [2.24, 2.45) is 5.73 Å². The van der Waals surface area contributed by atoms with E-state index in [4.69, 9.17) is 22.1 Å². The Morgan fingerprint density at radius 2 is 1.66 bits per heavy atom. The van der Waals surface area contributed by atoms with Crippen LogP contribution in [-0.4, -0.2) is 24.0 Å². The molecular weight excluding hydrogens is 394 g/mol. The van der Waals surface area contributed by atoms with E-state index in [0.29, 0.717) is 16.3 Å². The largest absolute Gasteiger partial charge is 0.452 e. The van der Waals surface area contributed by atoms with E-state index in [1.54, 1.807) is 24.3 Å². The predicted octanol–water partition coefficient (Wildman–Crippen LogP) is 3.63. The van der Waals surface area contributed by atoms with Crippen molar-refractivity contribution in [3.63, 3.8) is 0 Å². The quantitative estimate of drug-likeness (QED) is 0.597. The fourth-order valence-corrected chi connectivity index (χ4v) is 2.95. The Morgan fingerprint density at radius 1 is 1.07 bits per heavy atom. The summed E-state index contributed by atoms with van der Waals surface area (Å²) in [5, 5.41) is 5.80. The van der Waals surface area contributed by atoms with Crippen LogP contribution in [0.3, 0.4) is 0 Å². The van der Waals surface area contributed by atoms with Gasteiger partial charge in [-0.25, -0.2) is 4.79 Å². The van der Waals surface area contributed by atoms with Gasteiger partial charge in [-0.2, -0.15) is 0 Å². The lowest BCUT2D eigenvalue weighted by Gasteiger charge is -2.20. The van der Waals surface area contributed by atoms with Gasteiger partial charge >= 0.3 is 12.0 Å². The van der Waals surface area contributed by atoms with Gasteiger partial charge in [0, 0.05) is 10.7 Å². The number of hydrogen-bond acceptors (Lipinski definition) is 4. The summed E-state index contributed by atoms with van der Waals surface area (Å²) in [6.45, 7) is 5.25. The van der Waals surface area contributed by atoms with Gasteiger partial charge < -0.3 is 21.1 Å². The van der Waals surface area contributed by atoms with E-state index >= 15 is 0 Å². The monoisotopic (exact) mass is 417 g/mol. The lowest BCUT2D eigenvalue weighted by atomic mass is 10.0. The van der Waals surface area contributed by atoms with Crippen LogP contribution in [0.15, 0.2) is 42.5 Å². The van der Waals surface area contributed by atoms with Crippen LogP contribution in [0, 0.1) is 13.8 Å². The molecule has 0 fully saturated rings. The molecule has 2 aromatic carbocycles. The number of halogens is 1. The second kappa shape index (κ2) is 9.93. The van der Waals surface area contributed by atoms with Crippen LogP contribution < -0.4 is 16.4 Å². The Morgan fingerprint density at radius 3 is 2.21 bits per heavy atom. The number of aryl methyl sites for hydroxylation is 2. The van der Waals surface area contributed by atoms with E-state index in [0.717, 1.165) is 11.1 Å². The zero-order valence-corrected chi connectivity index (χ0v) is 17.2. The number of carbonyl (C=O) groups excluding carboxylic acids is 3. The summed E-state index contributed by atoms with van der Waals surface area (Å²) in [5.41, 5.74) is 8.35. The highest BCUT2D eigenvalue weighted by atomic mass is 35.5. The summed E-state index contributed by atoms with van der Waals surface area (Å²) in [5.74, 6) is -1.09. The van der Waals surface area contributed by atoms with Crippen molar-refractivity contribution in [3.05, 3.63) is 64.2 Å². The SMILES string of the molecule is Cc1cccc(C)c1NC(=O)[C@@H](C)OC(=O)C[C@@H](NC(N)=O)c1ccc(Cl)cc1. The number of para-hydroxylation sites is 1. The number of amides is 3. The number of ether oxygens (including phenoxy) is 1. The molecule has 7 nitrogen and oxygen atoms in total. The van der Waals surface area contributed by atoms with Gasteiger partial charge in [-0.3, -0.25) is 9.59 Å². The van der Waals surface area contributed by atoms with Gasteiger partial charge in [0.25, 0.3) is 5.91 Å². The molecule has 0 aliphatic heterocycles. The van der Waals surface area contributed by atoms with E-state index in [1.165, 1.54) is 6.92 Å². The summed E-state index contributed by atoms with van der Waals surface area (Å²) >= 11 is 5.87. The highest BCUT2D eigenvalue weighted by molar-refractivity contribution is 6.30. The molecular formula is C21H24ClN3O4. The predicted molar refractivity (Wildman–Crippen MR) is 112 cm³/mol. The van der Waals surface area contributed by atoms with Gasteiger partial charge in [0.1, 0.15) is 0 Å². The Labute approximate surface area is 174 Å². The lowest BCUT2D eigenvalue weighted by molar-refractivity contribution is -0.153. The first-order valence-electron chi connectivity index (χ1n) is 9.05. The first kappa shape index (κ1) is 22.2. The zero-order chi connectivity index (χ0) is 21.6. The molecule has 29 heavy (non-hydrogen) atoms. The number of anilines is 1. The van der Waals surface area contributed by atoms with Crippen LogP contribution in [0.5, 0.6) is 0 Å². The third kappa shape index (κ3) is 6.50. The number of hydrogen-bond donors (Lipinski definition) is 3. The van der Waals surface area contributed by atoms with Gasteiger partial charge in [-0.1, -0.05) is 41.9 Å². The number of esters is 1. The van der Waals surface area contributed by atoms with Crippen molar-refractivity contribution in [1.82, 2.24) is 5.32 Å². The smallest absolute Gasteiger partial charge is 0.312 e. The second-order valence-corrected chi connectivity index (χ2v) is 7.14. The number of primary amides is 1. The maximum atomic E-state index is 12.4. The van der Waals surface area contributed by atoms with Crippen LogP contribution >= 0.6 is 11.6 Å². The fourth-order valence-electron chi connectivity index (χ4n) is 2.82. The van der Waals surface area contributed by atoms with E-state index < -0.39 is 30.1 Å². The third-order valence-electron chi connectivity index (χ3n) is 4.37. The number of nitrogens with two attached hydrogens (primary N) is 1. The van der Waals surface area contributed by atoms with E-state index in [9.17, 15) is 14.4 Å². The van der Waals surface area contributed by atoms with Crippen molar-refractivity contribution in [3.8, 4) is 0 Å². The number of benzene rings is 2. The lowest BCUT2D eigenvalue weighted by Crippen LogP contribution is -2.36. The second-order valence-electron chi connectivity index (χ2n) is 6.70. The molecule has 0 saturated heterocycles. The summed E-state index contributed by atoms with van der Waals surface area (Å²) in [6, 6.07) is 10.8. The van der Waals surface area contributed by atoms with Crippen LogP contribution in [0.4, 0.5) is 10.5 Å². The molecule has 154 valence electrons. The van der Waals surface area contributed by atoms with Gasteiger partial charge in [0.2, 0.25) is 0 Å². The Bertz CT molecular complexity index is 879. The Kier molecular flexibility index (Phi) is 7.61. The normalized spacial score (nSPS) is 12.6. The molecule has 0 saturated carbocycles. The molecule has 2 atom stereocenters. The molecule has 0 spiro atoms. The number of urea groups is 1. The number of carbonyl (C=O) groups is 3. The summed E-state index contributed by atoms with van der Waals surface area (Å²) in [6.07, 6.45) is -1.20. The maximum Gasteiger partial charge on any atom is 0.312 e. The molecule has 2 aromatic rings. The molecule has 0 aliphatic carbocycles. The van der Waals surface area contributed by atoms with Crippen LogP contribution in [0.1, 0.15) is 36.1 Å². The molecule has 3 amide bonds. The van der Waals surface area contributed by atoms with Gasteiger partial charge in [-0.05, 0) is 49.6 Å². The summed E-state index contributed by atoms with van der Waals surface area (Å²) < 4.78 is 5.25. The molecule has 0 heterocycles. The van der Waals surface area contributed by atoms with Crippen molar-refractivity contribution >= 4 is 35.2 Å². The topological polar surface area (TPSA) is 111 Å². The molecule has 0 unspecified atom stereocenters. The average molecular weight is 418 g/mol. The molecule has 0 aliphatic rings. The third-order valence-corrected chi connectivity index (χ3v) is 4.62. The fraction of sp³-hybridized carbons (Fsp3) is 0.286. The molecule has 2 rings (SSSR count). The van der Waals surface area contributed by atoms with Gasteiger partial charge in [0.15, 0.2) is 6.10 Å². The zero-order valence-electron chi connectivity index (χ0n) is 16.5. The van der Waals surface area contributed by atoms with Crippen molar-refractivity contribution in [1.29, 1.82) is 0 Å². The number of rotatable bonds is 7.